The fourth-order valence-corrected chi connectivity index (χ4v) is 2.10. The van der Waals surface area contributed by atoms with Gasteiger partial charge in [-0.2, -0.15) is 0 Å². The summed E-state index contributed by atoms with van der Waals surface area (Å²) >= 11 is 0. The second-order valence-electron chi connectivity index (χ2n) is 5.09. The van der Waals surface area contributed by atoms with Crippen LogP contribution in [0.3, 0.4) is 0 Å². The number of nitrogens with one attached hydrogen (secondary N) is 1. The average molecular weight is 273 g/mol. The van der Waals surface area contributed by atoms with Gasteiger partial charge in [0.05, 0.1) is 5.69 Å². The lowest BCUT2D eigenvalue weighted by molar-refractivity contribution is 0.700. The van der Waals surface area contributed by atoms with E-state index in [0.717, 1.165) is 42.7 Å². The van der Waals surface area contributed by atoms with Crippen molar-refractivity contribution in [1.82, 2.24) is 19.5 Å². The van der Waals surface area contributed by atoms with Gasteiger partial charge in [-0.05, 0) is 13.8 Å². The minimum absolute atomic E-state index is 0.318. The average Bonchev–Trinajstić information content (AvgIpc) is 2.86. The highest BCUT2D eigenvalue weighted by molar-refractivity contribution is 5.37. The van der Waals surface area contributed by atoms with E-state index in [2.05, 4.69) is 52.5 Å². The van der Waals surface area contributed by atoms with E-state index in [1.807, 2.05) is 18.5 Å². The SMILES string of the molecule is CCNc1cc(Cc2nccn2CC)nc(C(C)C)n1. The Labute approximate surface area is 120 Å². The zero-order chi connectivity index (χ0) is 14.5. The molecule has 0 amide bonds. The van der Waals surface area contributed by atoms with Crippen LogP contribution in [-0.2, 0) is 13.0 Å². The van der Waals surface area contributed by atoms with Crippen molar-refractivity contribution in [2.24, 2.45) is 0 Å². The van der Waals surface area contributed by atoms with E-state index in [1.165, 1.54) is 0 Å². The summed E-state index contributed by atoms with van der Waals surface area (Å²) < 4.78 is 2.14. The van der Waals surface area contributed by atoms with Crippen molar-refractivity contribution in [2.75, 3.05) is 11.9 Å². The maximum absolute atomic E-state index is 4.66. The number of hydrogen-bond donors (Lipinski definition) is 1. The van der Waals surface area contributed by atoms with E-state index >= 15 is 0 Å². The number of imidazole rings is 1. The Morgan fingerprint density at radius 1 is 1.25 bits per heavy atom. The van der Waals surface area contributed by atoms with Gasteiger partial charge < -0.3 is 9.88 Å². The molecule has 0 saturated carbocycles. The molecule has 5 nitrogen and oxygen atoms in total. The molecule has 0 unspecified atom stereocenters. The van der Waals surface area contributed by atoms with Gasteiger partial charge in [0, 0.05) is 43.9 Å². The molecule has 2 rings (SSSR count). The lowest BCUT2D eigenvalue weighted by Gasteiger charge is -2.11. The Hall–Kier alpha value is -1.91. The summed E-state index contributed by atoms with van der Waals surface area (Å²) in [6.07, 6.45) is 4.58. The molecule has 2 aromatic rings. The Morgan fingerprint density at radius 2 is 2.05 bits per heavy atom. The topological polar surface area (TPSA) is 55.6 Å². The van der Waals surface area contributed by atoms with Gasteiger partial charge in [0.1, 0.15) is 17.5 Å². The van der Waals surface area contributed by atoms with Crippen molar-refractivity contribution >= 4 is 5.82 Å². The standard InChI is InChI=1S/C15H23N5/c1-5-16-13-9-12(18-15(19-13)11(3)4)10-14-17-7-8-20(14)6-2/h7-9,11H,5-6,10H2,1-4H3,(H,16,18,19). The monoisotopic (exact) mass is 273 g/mol. The van der Waals surface area contributed by atoms with E-state index in [9.17, 15) is 0 Å². The second kappa shape index (κ2) is 6.50. The molecule has 2 aromatic heterocycles. The van der Waals surface area contributed by atoms with Crippen LogP contribution in [0.4, 0.5) is 5.82 Å². The number of anilines is 1. The van der Waals surface area contributed by atoms with Crippen LogP contribution in [0, 0.1) is 0 Å². The minimum atomic E-state index is 0.318. The van der Waals surface area contributed by atoms with Crippen LogP contribution in [0.15, 0.2) is 18.5 Å². The van der Waals surface area contributed by atoms with Crippen LogP contribution in [0.1, 0.15) is 51.0 Å². The molecule has 0 aliphatic carbocycles. The zero-order valence-corrected chi connectivity index (χ0v) is 12.7. The highest BCUT2D eigenvalue weighted by Crippen LogP contribution is 2.16. The van der Waals surface area contributed by atoms with Gasteiger partial charge in [0.2, 0.25) is 0 Å². The lowest BCUT2D eigenvalue weighted by atomic mass is 10.2. The summed E-state index contributed by atoms with van der Waals surface area (Å²) in [5.41, 5.74) is 1.01. The molecule has 0 spiro atoms. The molecular weight excluding hydrogens is 250 g/mol. The predicted octanol–water partition coefficient (Wildman–Crippen LogP) is 2.84. The Morgan fingerprint density at radius 3 is 2.70 bits per heavy atom. The van der Waals surface area contributed by atoms with Gasteiger partial charge >= 0.3 is 0 Å². The van der Waals surface area contributed by atoms with Crippen molar-refractivity contribution in [2.45, 2.75) is 46.6 Å². The Balaban J connectivity index is 2.30. The minimum Gasteiger partial charge on any atom is -0.370 e. The molecule has 108 valence electrons. The van der Waals surface area contributed by atoms with Crippen molar-refractivity contribution in [3.05, 3.63) is 35.8 Å². The molecule has 0 saturated heterocycles. The number of aromatic nitrogens is 4. The van der Waals surface area contributed by atoms with E-state index < -0.39 is 0 Å². The summed E-state index contributed by atoms with van der Waals surface area (Å²) in [6.45, 7) is 10.2. The van der Waals surface area contributed by atoms with Crippen molar-refractivity contribution in [1.29, 1.82) is 0 Å². The summed E-state index contributed by atoms with van der Waals surface area (Å²) in [4.78, 5) is 13.6. The Kier molecular flexibility index (Phi) is 4.71. The molecule has 0 aliphatic rings. The molecule has 0 radical (unpaired) electrons. The first-order valence-electron chi connectivity index (χ1n) is 7.25. The van der Waals surface area contributed by atoms with E-state index in [4.69, 9.17) is 0 Å². The van der Waals surface area contributed by atoms with Gasteiger partial charge in [0.25, 0.3) is 0 Å². The number of hydrogen-bond acceptors (Lipinski definition) is 4. The Bertz CT molecular complexity index is 559. The van der Waals surface area contributed by atoms with Gasteiger partial charge in [-0.3, -0.25) is 0 Å². The van der Waals surface area contributed by atoms with E-state index in [0.29, 0.717) is 5.92 Å². The number of nitrogens with zero attached hydrogens (tertiary/aromatic N) is 4. The van der Waals surface area contributed by atoms with Gasteiger partial charge in [-0.1, -0.05) is 13.8 Å². The molecule has 20 heavy (non-hydrogen) atoms. The molecule has 0 fully saturated rings. The predicted molar refractivity (Wildman–Crippen MR) is 81.0 cm³/mol. The fraction of sp³-hybridized carbons (Fsp3) is 0.533. The first-order valence-corrected chi connectivity index (χ1v) is 7.25. The maximum atomic E-state index is 4.66. The largest absolute Gasteiger partial charge is 0.370 e. The third-order valence-electron chi connectivity index (χ3n) is 3.15. The van der Waals surface area contributed by atoms with Crippen LogP contribution in [0.25, 0.3) is 0 Å². The van der Waals surface area contributed by atoms with Crippen LogP contribution in [-0.4, -0.2) is 26.1 Å². The normalized spacial score (nSPS) is 11.1. The summed E-state index contributed by atoms with van der Waals surface area (Å²) in [5.74, 6) is 3.14. The number of aryl methyl sites for hydroxylation is 1. The molecule has 0 atom stereocenters. The van der Waals surface area contributed by atoms with E-state index in [-0.39, 0.29) is 0 Å². The summed E-state index contributed by atoms with van der Waals surface area (Å²) in [5, 5.41) is 3.27. The van der Waals surface area contributed by atoms with Crippen LogP contribution in [0.2, 0.25) is 0 Å². The van der Waals surface area contributed by atoms with Crippen LogP contribution >= 0.6 is 0 Å². The molecule has 5 heteroatoms. The third kappa shape index (κ3) is 3.35. The van der Waals surface area contributed by atoms with Crippen LogP contribution < -0.4 is 5.32 Å². The highest BCUT2D eigenvalue weighted by Gasteiger charge is 2.10. The molecule has 1 N–H and O–H groups in total. The van der Waals surface area contributed by atoms with Crippen molar-refractivity contribution in [3.63, 3.8) is 0 Å². The molecule has 0 aromatic carbocycles. The summed E-state index contributed by atoms with van der Waals surface area (Å²) in [7, 11) is 0. The zero-order valence-electron chi connectivity index (χ0n) is 12.7. The van der Waals surface area contributed by atoms with Crippen LogP contribution in [0.5, 0.6) is 0 Å². The first kappa shape index (κ1) is 14.5. The van der Waals surface area contributed by atoms with Gasteiger partial charge in [-0.25, -0.2) is 15.0 Å². The summed E-state index contributed by atoms with van der Waals surface area (Å²) in [6, 6.07) is 2.02. The van der Waals surface area contributed by atoms with E-state index in [1.54, 1.807) is 0 Å². The lowest BCUT2D eigenvalue weighted by Crippen LogP contribution is -2.09. The second-order valence-corrected chi connectivity index (χ2v) is 5.09. The maximum Gasteiger partial charge on any atom is 0.133 e. The van der Waals surface area contributed by atoms with Crippen molar-refractivity contribution in [3.8, 4) is 0 Å². The first-order chi connectivity index (χ1) is 9.63. The molecule has 0 aliphatic heterocycles. The quantitative estimate of drug-likeness (QED) is 0.879. The van der Waals surface area contributed by atoms with Gasteiger partial charge in [0.15, 0.2) is 0 Å². The highest BCUT2D eigenvalue weighted by atomic mass is 15.1. The van der Waals surface area contributed by atoms with Gasteiger partial charge in [-0.15, -0.1) is 0 Å². The fourth-order valence-electron chi connectivity index (χ4n) is 2.10. The number of rotatable bonds is 6. The molecule has 0 bridgehead atoms. The smallest absolute Gasteiger partial charge is 0.133 e. The molecular formula is C15H23N5. The molecule has 2 heterocycles. The van der Waals surface area contributed by atoms with Crippen molar-refractivity contribution < 1.29 is 0 Å². The third-order valence-corrected chi connectivity index (χ3v) is 3.15.